The predicted octanol–water partition coefficient (Wildman–Crippen LogP) is 2.70. The second-order valence-electron chi connectivity index (χ2n) is 4.71. The average molecular weight is 277 g/mol. The lowest BCUT2D eigenvalue weighted by Crippen LogP contribution is -2.24. The lowest BCUT2D eigenvalue weighted by Gasteiger charge is -2.12. The zero-order valence-electron chi connectivity index (χ0n) is 9.87. The number of thiocarbonyl (C=S) groups is 1. The summed E-state index contributed by atoms with van der Waals surface area (Å²) < 4.78 is 39.3. The number of hydrogen-bond donors (Lipinski definition) is 1. The van der Waals surface area contributed by atoms with Gasteiger partial charge < -0.3 is 5.73 Å². The number of nitrogens with two attached hydrogens (primary N) is 1. The van der Waals surface area contributed by atoms with Crippen LogP contribution in [0.3, 0.4) is 0 Å². The van der Waals surface area contributed by atoms with Gasteiger partial charge in [-0.05, 0) is 18.9 Å². The molecule has 0 radical (unpaired) electrons. The van der Waals surface area contributed by atoms with Crippen LogP contribution in [0.4, 0.5) is 13.2 Å². The van der Waals surface area contributed by atoms with Gasteiger partial charge in [-0.15, -0.1) is 0 Å². The average Bonchev–Trinajstić information content (AvgIpc) is 2.98. The van der Waals surface area contributed by atoms with Crippen molar-refractivity contribution in [1.29, 1.82) is 0 Å². The van der Waals surface area contributed by atoms with E-state index in [9.17, 15) is 13.2 Å². The standard InChI is InChI=1S/C11H14F3N3S/c1-6(10(15)18)5-17-8(7-2-3-7)4-9(16-17)11(12,13)14/h4,6-7H,2-3,5H2,1H3,(H2,15,18)/t6-/m0/s1. The van der Waals surface area contributed by atoms with Gasteiger partial charge in [0.15, 0.2) is 5.69 Å². The maximum absolute atomic E-state index is 12.6. The third-order valence-electron chi connectivity index (χ3n) is 3.03. The van der Waals surface area contributed by atoms with Crippen LogP contribution in [0.1, 0.15) is 37.1 Å². The summed E-state index contributed by atoms with van der Waals surface area (Å²) in [5.41, 5.74) is 5.30. The van der Waals surface area contributed by atoms with E-state index >= 15 is 0 Å². The summed E-state index contributed by atoms with van der Waals surface area (Å²) in [6.45, 7) is 2.09. The van der Waals surface area contributed by atoms with Gasteiger partial charge in [-0.3, -0.25) is 4.68 Å². The normalized spacial score (nSPS) is 17.8. The van der Waals surface area contributed by atoms with E-state index < -0.39 is 11.9 Å². The number of nitrogens with zero attached hydrogens (tertiary/aromatic N) is 2. The van der Waals surface area contributed by atoms with Gasteiger partial charge in [-0.1, -0.05) is 19.1 Å². The molecule has 0 amide bonds. The molecule has 1 aliphatic rings. The Morgan fingerprint density at radius 1 is 1.61 bits per heavy atom. The second-order valence-corrected chi connectivity index (χ2v) is 5.18. The van der Waals surface area contributed by atoms with Crippen LogP contribution in [0, 0.1) is 5.92 Å². The molecule has 1 atom stereocenters. The van der Waals surface area contributed by atoms with Crippen LogP contribution in [-0.2, 0) is 12.7 Å². The number of rotatable bonds is 4. The van der Waals surface area contributed by atoms with Crippen molar-refractivity contribution in [2.24, 2.45) is 11.7 Å². The van der Waals surface area contributed by atoms with Gasteiger partial charge in [-0.25, -0.2) is 0 Å². The first-order valence-corrected chi connectivity index (χ1v) is 6.14. The van der Waals surface area contributed by atoms with E-state index in [4.69, 9.17) is 18.0 Å². The zero-order valence-corrected chi connectivity index (χ0v) is 10.7. The Hall–Kier alpha value is -1.11. The van der Waals surface area contributed by atoms with Crippen LogP contribution in [0.25, 0.3) is 0 Å². The van der Waals surface area contributed by atoms with Gasteiger partial charge in [0.1, 0.15) is 0 Å². The zero-order chi connectivity index (χ0) is 13.5. The quantitative estimate of drug-likeness (QED) is 0.861. The SMILES string of the molecule is C[C@@H](Cn1nc(C(F)(F)F)cc1C1CC1)C(N)=S. The molecule has 2 N–H and O–H groups in total. The first-order chi connectivity index (χ1) is 8.29. The predicted molar refractivity (Wildman–Crippen MR) is 65.2 cm³/mol. The third kappa shape index (κ3) is 2.82. The smallest absolute Gasteiger partial charge is 0.393 e. The Bertz CT molecular complexity index is 463. The molecule has 0 saturated heterocycles. The van der Waals surface area contributed by atoms with Crippen molar-refractivity contribution < 1.29 is 13.2 Å². The van der Waals surface area contributed by atoms with Crippen molar-refractivity contribution >= 4 is 17.2 Å². The van der Waals surface area contributed by atoms with E-state index in [1.54, 1.807) is 6.92 Å². The summed E-state index contributed by atoms with van der Waals surface area (Å²) in [5, 5.41) is 3.64. The fraction of sp³-hybridized carbons (Fsp3) is 0.636. The molecule has 100 valence electrons. The number of alkyl halides is 3. The minimum atomic E-state index is -4.40. The second kappa shape index (κ2) is 4.53. The highest BCUT2D eigenvalue weighted by molar-refractivity contribution is 7.80. The highest BCUT2D eigenvalue weighted by Crippen LogP contribution is 2.42. The van der Waals surface area contributed by atoms with Gasteiger partial charge in [0.05, 0.1) is 11.5 Å². The van der Waals surface area contributed by atoms with E-state index in [1.165, 1.54) is 4.68 Å². The highest BCUT2D eigenvalue weighted by atomic mass is 32.1. The summed E-state index contributed by atoms with van der Waals surface area (Å²) in [6, 6.07) is 1.14. The summed E-state index contributed by atoms with van der Waals surface area (Å²) in [7, 11) is 0. The molecule has 1 saturated carbocycles. The topological polar surface area (TPSA) is 43.8 Å². The minimum absolute atomic E-state index is 0.168. The van der Waals surface area contributed by atoms with Crippen molar-refractivity contribution in [3.05, 3.63) is 17.5 Å². The van der Waals surface area contributed by atoms with Gasteiger partial charge in [0.2, 0.25) is 0 Å². The van der Waals surface area contributed by atoms with Gasteiger partial charge in [0, 0.05) is 17.5 Å². The fourth-order valence-electron chi connectivity index (χ4n) is 1.77. The van der Waals surface area contributed by atoms with Crippen LogP contribution in [0.15, 0.2) is 6.07 Å². The van der Waals surface area contributed by atoms with Crippen LogP contribution < -0.4 is 5.73 Å². The van der Waals surface area contributed by atoms with Crippen molar-refractivity contribution in [3.63, 3.8) is 0 Å². The fourth-order valence-corrected chi connectivity index (χ4v) is 1.85. The summed E-state index contributed by atoms with van der Waals surface area (Å²) in [4.78, 5) is 0.292. The Morgan fingerprint density at radius 3 is 2.67 bits per heavy atom. The first-order valence-electron chi connectivity index (χ1n) is 5.73. The van der Waals surface area contributed by atoms with Crippen molar-refractivity contribution in [1.82, 2.24) is 9.78 Å². The van der Waals surface area contributed by atoms with Crippen molar-refractivity contribution in [2.45, 2.75) is 38.4 Å². The van der Waals surface area contributed by atoms with Crippen LogP contribution >= 0.6 is 12.2 Å². The molecule has 18 heavy (non-hydrogen) atoms. The van der Waals surface area contributed by atoms with Gasteiger partial charge in [0.25, 0.3) is 0 Å². The summed E-state index contributed by atoms with van der Waals surface area (Å²) >= 11 is 4.84. The number of hydrogen-bond acceptors (Lipinski definition) is 2. The van der Waals surface area contributed by atoms with E-state index in [0.717, 1.165) is 18.9 Å². The Labute approximate surface area is 108 Å². The third-order valence-corrected chi connectivity index (χ3v) is 3.43. The molecule has 0 bridgehead atoms. The Balaban J connectivity index is 2.27. The van der Waals surface area contributed by atoms with Crippen LogP contribution in [-0.4, -0.2) is 14.8 Å². The van der Waals surface area contributed by atoms with Crippen LogP contribution in [0.5, 0.6) is 0 Å². The molecule has 0 spiro atoms. The molecule has 2 rings (SSSR count). The molecule has 3 nitrogen and oxygen atoms in total. The molecule has 1 heterocycles. The van der Waals surface area contributed by atoms with E-state index in [0.29, 0.717) is 17.2 Å². The molecular formula is C11H14F3N3S. The summed E-state index contributed by atoms with van der Waals surface area (Å²) in [5.74, 6) is 0.0330. The molecule has 1 aromatic rings. The molecule has 0 aromatic carbocycles. The van der Waals surface area contributed by atoms with Crippen molar-refractivity contribution in [3.8, 4) is 0 Å². The van der Waals surface area contributed by atoms with Crippen LogP contribution in [0.2, 0.25) is 0 Å². The largest absolute Gasteiger partial charge is 0.435 e. The van der Waals surface area contributed by atoms with Gasteiger partial charge in [-0.2, -0.15) is 18.3 Å². The first kappa shape index (κ1) is 13.3. The van der Waals surface area contributed by atoms with Crippen molar-refractivity contribution in [2.75, 3.05) is 0 Å². The minimum Gasteiger partial charge on any atom is -0.393 e. The molecular weight excluding hydrogens is 263 g/mol. The molecule has 1 fully saturated rings. The van der Waals surface area contributed by atoms with E-state index in [2.05, 4.69) is 5.10 Å². The molecule has 0 unspecified atom stereocenters. The number of halogens is 3. The maximum Gasteiger partial charge on any atom is 0.435 e. The lowest BCUT2D eigenvalue weighted by molar-refractivity contribution is -0.141. The van der Waals surface area contributed by atoms with Gasteiger partial charge >= 0.3 is 6.18 Å². The van der Waals surface area contributed by atoms with E-state index in [-0.39, 0.29) is 11.8 Å². The Morgan fingerprint density at radius 2 is 2.22 bits per heavy atom. The van der Waals surface area contributed by atoms with E-state index in [1.807, 2.05) is 0 Å². The molecule has 1 aromatic heterocycles. The number of aromatic nitrogens is 2. The highest BCUT2D eigenvalue weighted by Gasteiger charge is 2.37. The molecule has 7 heteroatoms. The molecule has 0 aliphatic heterocycles. The monoisotopic (exact) mass is 277 g/mol. The molecule has 1 aliphatic carbocycles. The Kier molecular flexibility index (Phi) is 3.35. The lowest BCUT2D eigenvalue weighted by atomic mass is 10.2. The maximum atomic E-state index is 12.6. The summed E-state index contributed by atoms with van der Waals surface area (Å²) in [6.07, 6.45) is -2.56.